The lowest BCUT2D eigenvalue weighted by Crippen LogP contribution is -2.04. The third kappa shape index (κ3) is 3.63. The van der Waals surface area contributed by atoms with Crippen molar-refractivity contribution in [3.05, 3.63) is 57.6 Å². The monoisotopic (exact) mass is 295 g/mol. The summed E-state index contributed by atoms with van der Waals surface area (Å²) in [5, 5.41) is 1.09. The van der Waals surface area contributed by atoms with Gasteiger partial charge in [-0.1, -0.05) is 29.3 Å². The number of hydrogen-bond acceptors (Lipinski definition) is 2. The Morgan fingerprint density at radius 1 is 1.11 bits per heavy atom. The van der Waals surface area contributed by atoms with Crippen LogP contribution in [0.25, 0.3) is 0 Å². The first kappa shape index (κ1) is 14.2. The molecule has 0 aliphatic rings. The molecule has 0 radical (unpaired) electrons. The first-order chi connectivity index (χ1) is 9.10. The SMILES string of the molecule is Cc1cc(Oc2ccc(Cl)cc2Cl)ccc1CCN. The molecule has 2 nitrogen and oxygen atoms in total. The van der Waals surface area contributed by atoms with Crippen LogP contribution in [0, 0.1) is 6.92 Å². The average molecular weight is 296 g/mol. The average Bonchev–Trinajstić information content (AvgIpc) is 2.36. The Kier molecular flexibility index (Phi) is 4.70. The quantitative estimate of drug-likeness (QED) is 0.895. The second-order valence-electron chi connectivity index (χ2n) is 4.30. The topological polar surface area (TPSA) is 35.2 Å². The van der Waals surface area contributed by atoms with Crippen LogP contribution in [0.5, 0.6) is 11.5 Å². The molecule has 4 heteroatoms. The van der Waals surface area contributed by atoms with E-state index in [0.29, 0.717) is 22.3 Å². The van der Waals surface area contributed by atoms with Crippen molar-refractivity contribution in [2.75, 3.05) is 6.54 Å². The van der Waals surface area contributed by atoms with E-state index < -0.39 is 0 Å². The Labute approximate surface area is 123 Å². The van der Waals surface area contributed by atoms with Crippen LogP contribution in [-0.2, 0) is 6.42 Å². The molecule has 2 aromatic rings. The molecule has 0 aliphatic heterocycles. The highest BCUT2D eigenvalue weighted by atomic mass is 35.5. The Morgan fingerprint density at radius 3 is 2.53 bits per heavy atom. The fourth-order valence-electron chi connectivity index (χ4n) is 1.85. The molecule has 19 heavy (non-hydrogen) atoms. The van der Waals surface area contributed by atoms with Gasteiger partial charge in [0.2, 0.25) is 0 Å². The number of hydrogen-bond donors (Lipinski definition) is 1. The van der Waals surface area contributed by atoms with Crippen molar-refractivity contribution in [3.8, 4) is 11.5 Å². The molecule has 0 aromatic heterocycles. The standard InChI is InChI=1S/C15H15Cl2NO/c1-10-8-13(4-2-11(10)6-7-18)19-15-5-3-12(16)9-14(15)17/h2-5,8-9H,6-7,18H2,1H3. The summed E-state index contributed by atoms with van der Waals surface area (Å²) < 4.78 is 5.76. The van der Waals surface area contributed by atoms with E-state index in [9.17, 15) is 0 Å². The van der Waals surface area contributed by atoms with E-state index >= 15 is 0 Å². The van der Waals surface area contributed by atoms with Crippen molar-refractivity contribution in [2.24, 2.45) is 5.73 Å². The molecule has 0 aliphatic carbocycles. The van der Waals surface area contributed by atoms with Gasteiger partial charge in [-0.05, 0) is 61.3 Å². The predicted molar refractivity (Wildman–Crippen MR) is 80.5 cm³/mol. The zero-order valence-electron chi connectivity index (χ0n) is 10.6. The van der Waals surface area contributed by atoms with Crippen LogP contribution in [-0.4, -0.2) is 6.54 Å². The number of rotatable bonds is 4. The van der Waals surface area contributed by atoms with Crippen LogP contribution in [0.15, 0.2) is 36.4 Å². The van der Waals surface area contributed by atoms with E-state index in [-0.39, 0.29) is 0 Å². The lowest BCUT2D eigenvalue weighted by Gasteiger charge is -2.10. The summed E-state index contributed by atoms with van der Waals surface area (Å²) in [6.45, 7) is 2.69. The molecule has 2 N–H and O–H groups in total. The van der Waals surface area contributed by atoms with Gasteiger partial charge in [-0.3, -0.25) is 0 Å². The first-order valence-corrected chi connectivity index (χ1v) is 6.78. The van der Waals surface area contributed by atoms with E-state index in [1.165, 1.54) is 5.56 Å². The molecule has 0 unspecified atom stereocenters. The maximum atomic E-state index is 6.07. The van der Waals surface area contributed by atoms with Crippen molar-refractivity contribution in [1.82, 2.24) is 0 Å². The molecule has 0 saturated carbocycles. The van der Waals surface area contributed by atoms with Crippen LogP contribution in [0.1, 0.15) is 11.1 Å². The second-order valence-corrected chi connectivity index (χ2v) is 5.15. The summed E-state index contributed by atoms with van der Waals surface area (Å²) >= 11 is 11.9. The van der Waals surface area contributed by atoms with E-state index in [2.05, 4.69) is 0 Å². The van der Waals surface area contributed by atoms with Crippen molar-refractivity contribution in [2.45, 2.75) is 13.3 Å². The summed E-state index contributed by atoms with van der Waals surface area (Å²) in [5.41, 5.74) is 7.96. The van der Waals surface area contributed by atoms with Crippen LogP contribution in [0.3, 0.4) is 0 Å². The number of ether oxygens (including phenoxy) is 1. The fraction of sp³-hybridized carbons (Fsp3) is 0.200. The van der Waals surface area contributed by atoms with E-state index in [1.54, 1.807) is 18.2 Å². The summed E-state index contributed by atoms with van der Waals surface area (Å²) in [4.78, 5) is 0. The molecule has 2 rings (SSSR count). The lowest BCUT2D eigenvalue weighted by atomic mass is 10.1. The second kappa shape index (κ2) is 6.29. The maximum Gasteiger partial charge on any atom is 0.146 e. The third-order valence-corrected chi connectivity index (χ3v) is 3.38. The highest BCUT2D eigenvalue weighted by Crippen LogP contribution is 2.32. The molecule has 0 heterocycles. The Morgan fingerprint density at radius 2 is 1.89 bits per heavy atom. The van der Waals surface area contributed by atoms with Gasteiger partial charge in [0.15, 0.2) is 0 Å². The Bertz CT molecular complexity index is 584. The molecule has 0 bridgehead atoms. The van der Waals surface area contributed by atoms with Gasteiger partial charge in [-0.15, -0.1) is 0 Å². The fourth-order valence-corrected chi connectivity index (χ4v) is 2.30. The zero-order chi connectivity index (χ0) is 13.8. The van der Waals surface area contributed by atoms with Gasteiger partial charge in [-0.2, -0.15) is 0 Å². The molecule has 0 fully saturated rings. The van der Waals surface area contributed by atoms with E-state index in [4.69, 9.17) is 33.7 Å². The van der Waals surface area contributed by atoms with Crippen molar-refractivity contribution in [1.29, 1.82) is 0 Å². The highest BCUT2D eigenvalue weighted by Gasteiger charge is 2.05. The lowest BCUT2D eigenvalue weighted by molar-refractivity contribution is 0.482. The molecule has 0 saturated heterocycles. The minimum absolute atomic E-state index is 0.496. The van der Waals surface area contributed by atoms with Crippen LogP contribution in [0.4, 0.5) is 0 Å². The van der Waals surface area contributed by atoms with Gasteiger partial charge in [-0.25, -0.2) is 0 Å². The normalized spacial score (nSPS) is 10.5. The van der Waals surface area contributed by atoms with Crippen molar-refractivity contribution >= 4 is 23.2 Å². The molecule has 2 aromatic carbocycles. The van der Waals surface area contributed by atoms with Gasteiger partial charge in [0.25, 0.3) is 0 Å². The van der Waals surface area contributed by atoms with Crippen LogP contribution >= 0.6 is 23.2 Å². The first-order valence-electron chi connectivity index (χ1n) is 6.02. The number of nitrogens with two attached hydrogens (primary N) is 1. The summed E-state index contributed by atoms with van der Waals surface area (Å²) in [5.74, 6) is 1.35. The zero-order valence-corrected chi connectivity index (χ0v) is 12.1. The molecule has 0 atom stereocenters. The van der Waals surface area contributed by atoms with Gasteiger partial charge < -0.3 is 10.5 Å². The van der Waals surface area contributed by atoms with Crippen molar-refractivity contribution < 1.29 is 4.74 Å². The van der Waals surface area contributed by atoms with Crippen molar-refractivity contribution in [3.63, 3.8) is 0 Å². The Hall–Kier alpha value is -1.22. The highest BCUT2D eigenvalue weighted by molar-refractivity contribution is 6.35. The third-order valence-electron chi connectivity index (χ3n) is 2.85. The summed E-state index contributed by atoms with van der Waals surface area (Å²) in [6, 6.07) is 11.1. The van der Waals surface area contributed by atoms with Crippen LogP contribution in [0.2, 0.25) is 10.0 Å². The molecular formula is C15H15Cl2NO. The number of aryl methyl sites for hydroxylation is 1. The van der Waals surface area contributed by atoms with E-state index in [1.807, 2.05) is 25.1 Å². The summed E-state index contributed by atoms with van der Waals surface area (Å²) in [7, 11) is 0. The van der Waals surface area contributed by atoms with E-state index in [0.717, 1.165) is 17.7 Å². The molecule has 0 spiro atoms. The van der Waals surface area contributed by atoms with Gasteiger partial charge in [0.05, 0.1) is 5.02 Å². The maximum absolute atomic E-state index is 6.07. The molecule has 0 amide bonds. The smallest absolute Gasteiger partial charge is 0.146 e. The predicted octanol–water partition coefficient (Wildman–Crippen LogP) is 4.60. The van der Waals surface area contributed by atoms with Gasteiger partial charge in [0, 0.05) is 5.02 Å². The van der Waals surface area contributed by atoms with Gasteiger partial charge in [0.1, 0.15) is 11.5 Å². The summed E-state index contributed by atoms with van der Waals surface area (Å²) in [6.07, 6.45) is 0.869. The minimum Gasteiger partial charge on any atom is -0.456 e. The van der Waals surface area contributed by atoms with Gasteiger partial charge >= 0.3 is 0 Å². The Balaban J connectivity index is 2.21. The minimum atomic E-state index is 0.496. The molecular weight excluding hydrogens is 281 g/mol. The molecule has 100 valence electrons. The van der Waals surface area contributed by atoms with Crippen LogP contribution < -0.4 is 10.5 Å². The largest absolute Gasteiger partial charge is 0.456 e. The number of benzene rings is 2. The number of halogens is 2.